The van der Waals surface area contributed by atoms with Gasteiger partial charge in [-0.25, -0.2) is 5.06 Å². The van der Waals surface area contributed by atoms with E-state index in [4.69, 9.17) is 10.6 Å². The molecule has 1 unspecified atom stereocenters. The van der Waals surface area contributed by atoms with Crippen LogP contribution in [-0.2, 0) is 9.63 Å². The first kappa shape index (κ1) is 10.5. The Morgan fingerprint density at radius 2 is 2.31 bits per heavy atom. The Hall–Kier alpha value is -0.610. The number of hydrogen-bond acceptors (Lipinski definition) is 3. The predicted octanol–water partition coefficient (Wildman–Crippen LogP) is 0.524. The number of nitrogens with two attached hydrogens (primary N) is 1. The van der Waals surface area contributed by atoms with Crippen molar-refractivity contribution in [2.24, 2.45) is 11.7 Å². The summed E-state index contributed by atoms with van der Waals surface area (Å²) in [7, 11) is 0. The fourth-order valence-electron chi connectivity index (χ4n) is 1.32. The van der Waals surface area contributed by atoms with Gasteiger partial charge in [-0.15, -0.1) is 0 Å². The van der Waals surface area contributed by atoms with Crippen LogP contribution in [0.15, 0.2) is 0 Å². The third-order valence-corrected chi connectivity index (χ3v) is 2.65. The number of hydrogen-bond donors (Lipinski definition) is 1. The maximum Gasteiger partial charge on any atom is 0.249 e. The Morgan fingerprint density at radius 3 is 2.69 bits per heavy atom. The van der Waals surface area contributed by atoms with Gasteiger partial charge in [0, 0.05) is 6.54 Å². The smallest absolute Gasteiger partial charge is 0.249 e. The van der Waals surface area contributed by atoms with Gasteiger partial charge in [-0.05, 0) is 12.8 Å². The number of nitrogens with zero attached hydrogens (tertiary/aromatic N) is 1. The van der Waals surface area contributed by atoms with Crippen molar-refractivity contribution < 1.29 is 9.63 Å². The molecule has 4 heteroatoms. The van der Waals surface area contributed by atoms with Gasteiger partial charge in [0.1, 0.15) is 5.60 Å². The second kappa shape index (κ2) is 3.64. The van der Waals surface area contributed by atoms with Gasteiger partial charge in [0.2, 0.25) is 5.91 Å². The van der Waals surface area contributed by atoms with E-state index in [2.05, 4.69) is 13.8 Å². The van der Waals surface area contributed by atoms with Crippen LogP contribution in [-0.4, -0.2) is 29.7 Å². The average molecular weight is 186 g/mol. The molecule has 1 atom stereocenters. The van der Waals surface area contributed by atoms with E-state index in [1.54, 1.807) is 0 Å². The third-order valence-electron chi connectivity index (χ3n) is 2.65. The van der Waals surface area contributed by atoms with E-state index >= 15 is 0 Å². The monoisotopic (exact) mass is 186 g/mol. The minimum atomic E-state index is -0.341. The summed E-state index contributed by atoms with van der Waals surface area (Å²) in [5, 5.41) is 1.39. The Bertz CT molecular complexity index is 206. The quantitative estimate of drug-likeness (QED) is 0.699. The summed E-state index contributed by atoms with van der Waals surface area (Å²) in [6.07, 6.45) is 0.463. The number of hydroxylamine groups is 2. The highest BCUT2D eigenvalue weighted by Crippen LogP contribution is 2.32. The summed E-state index contributed by atoms with van der Waals surface area (Å²) >= 11 is 0. The van der Waals surface area contributed by atoms with Crippen LogP contribution in [0.3, 0.4) is 0 Å². The lowest BCUT2D eigenvalue weighted by Gasteiger charge is -2.27. The molecule has 0 aliphatic carbocycles. The second-order valence-electron chi connectivity index (χ2n) is 4.02. The Kier molecular flexibility index (Phi) is 2.93. The van der Waals surface area contributed by atoms with Crippen LogP contribution in [0.1, 0.15) is 27.2 Å². The fraction of sp³-hybridized carbons (Fsp3) is 0.889. The summed E-state index contributed by atoms with van der Waals surface area (Å²) in [6.45, 7) is 7.01. The summed E-state index contributed by atoms with van der Waals surface area (Å²) in [4.78, 5) is 17.0. The van der Waals surface area contributed by atoms with Crippen molar-refractivity contribution in [2.75, 3.05) is 13.1 Å². The standard InChI is InChI=1S/C9H18N2O2/c1-7(2)9(3)6-8(12)11(13-9)5-4-10/h7H,4-6,10H2,1-3H3. The zero-order valence-electron chi connectivity index (χ0n) is 8.54. The van der Waals surface area contributed by atoms with Gasteiger partial charge in [0.15, 0.2) is 0 Å². The lowest BCUT2D eigenvalue weighted by atomic mass is 9.90. The van der Waals surface area contributed by atoms with Crippen molar-refractivity contribution in [3.8, 4) is 0 Å². The van der Waals surface area contributed by atoms with Gasteiger partial charge in [-0.2, -0.15) is 0 Å². The molecular weight excluding hydrogens is 168 g/mol. The topological polar surface area (TPSA) is 55.6 Å². The maximum absolute atomic E-state index is 11.4. The lowest BCUT2D eigenvalue weighted by molar-refractivity contribution is -0.204. The molecule has 0 aromatic rings. The Labute approximate surface area is 79.0 Å². The minimum absolute atomic E-state index is 0.0432. The number of carbonyl (C=O) groups excluding carboxylic acids is 1. The first-order chi connectivity index (χ1) is 5.99. The van der Waals surface area contributed by atoms with Gasteiger partial charge in [-0.3, -0.25) is 9.63 Å². The highest BCUT2D eigenvalue weighted by Gasteiger charge is 2.43. The summed E-state index contributed by atoms with van der Waals surface area (Å²) in [6, 6.07) is 0. The number of carbonyl (C=O) groups is 1. The van der Waals surface area contributed by atoms with Crippen molar-refractivity contribution in [3.63, 3.8) is 0 Å². The molecule has 4 nitrogen and oxygen atoms in total. The molecule has 1 saturated heterocycles. The van der Waals surface area contributed by atoms with Crippen LogP contribution < -0.4 is 5.73 Å². The molecule has 1 aliphatic rings. The highest BCUT2D eigenvalue weighted by molar-refractivity contribution is 5.77. The van der Waals surface area contributed by atoms with Crippen LogP contribution in [0.2, 0.25) is 0 Å². The fourth-order valence-corrected chi connectivity index (χ4v) is 1.32. The summed E-state index contributed by atoms with van der Waals surface area (Å²) in [5.41, 5.74) is 5.02. The molecule has 13 heavy (non-hydrogen) atoms. The zero-order valence-corrected chi connectivity index (χ0v) is 8.54. The maximum atomic E-state index is 11.4. The van der Waals surface area contributed by atoms with Crippen molar-refractivity contribution in [1.29, 1.82) is 0 Å². The van der Waals surface area contributed by atoms with E-state index in [1.807, 2.05) is 6.92 Å². The van der Waals surface area contributed by atoms with Gasteiger partial charge >= 0.3 is 0 Å². The molecular formula is C9H18N2O2. The first-order valence-electron chi connectivity index (χ1n) is 4.69. The minimum Gasteiger partial charge on any atom is -0.329 e. The van der Waals surface area contributed by atoms with Gasteiger partial charge in [0.25, 0.3) is 0 Å². The molecule has 2 N–H and O–H groups in total. The molecule has 1 fully saturated rings. The van der Waals surface area contributed by atoms with Crippen molar-refractivity contribution in [1.82, 2.24) is 5.06 Å². The third kappa shape index (κ3) is 2.00. The van der Waals surface area contributed by atoms with Crippen molar-refractivity contribution >= 4 is 5.91 Å². The first-order valence-corrected chi connectivity index (χ1v) is 4.69. The molecule has 1 heterocycles. The van der Waals surface area contributed by atoms with E-state index < -0.39 is 0 Å². The van der Waals surface area contributed by atoms with Crippen LogP contribution >= 0.6 is 0 Å². The Balaban J connectivity index is 2.63. The normalized spacial score (nSPS) is 29.0. The van der Waals surface area contributed by atoms with E-state index in [-0.39, 0.29) is 11.5 Å². The summed E-state index contributed by atoms with van der Waals surface area (Å²) in [5.74, 6) is 0.376. The molecule has 0 aromatic carbocycles. The average Bonchev–Trinajstić information content (AvgIpc) is 2.29. The number of amides is 1. The van der Waals surface area contributed by atoms with E-state index in [0.717, 1.165) is 0 Å². The molecule has 0 saturated carbocycles. The largest absolute Gasteiger partial charge is 0.329 e. The Morgan fingerprint density at radius 1 is 1.69 bits per heavy atom. The van der Waals surface area contributed by atoms with E-state index in [0.29, 0.717) is 25.4 Å². The van der Waals surface area contributed by atoms with Crippen LogP contribution in [0.25, 0.3) is 0 Å². The predicted molar refractivity (Wildman–Crippen MR) is 49.7 cm³/mol. The molecule has 0 bridgehead atoms. The zero-order chi connectivity index (χ0) is 10.1. The lowest BCUT2D eigenvalue weighted by Crippen LogP contribution is -2.34. The van der Waals surface area contributed by atoms with Crippen molar-refractivity contribution in [2.45, 2.75) is 32.8 Å². The highest BCUT2D eigenvalue weighted by atomic mass is 16.7. The van der Waals surface area contributed by atoms with E-state index in [1.165, 1.54) is 5.06 Å². The number of rotatable bonds is 3. The second-order valence-corrected chi connectivity index (χ2v) is 4.02. The SMILES string of the molecule is CC(C)C1(C)CC(=O)N(CCN)O1. The van der Waals surface area contributed by atoms with Gasteiger partial charge in [-0.1, -0.05) is 13.8 Å². The van der Waals surface area contributed by atoms with Crippen LogP contribution in [0.5, 0.6) is 0 Å². The van der Waals surface area contributed by atoms with Crippen molar-refractivity contribution in [3.05, 3.63) is 0 Å². The molecule has 1 amide bonds. The van der Waals surface area contributed by atoms with Crippen LogP contribution in [0.4, 0.5) is 0 Å². The molecule has 76 valence electrons. The molecule has 0 aromatic heterocycles. The molecule has 0 radical (unpaired) electrons. The van der Waals surface area contributed by atoms with Gasteiger partial charge < -0.3 is 5.73 Å². The molecule has 1 rings (SSSR count). The van der Waals surface area contributed by atoms with Crippen LogP contribution in [0, 0.1) is 5.92 Å². The molecule has 1 aliphatic heterocycles. The van der Waals surface area contributed by atoms with Gasteiger partial charge in [0.05, 0.1) is 13.0 Å². The van der Waals surface area contributed by atoms with E-state index in [9.17, 15) is 4.79 Å². The summed E-state index contributed by atoms with van der Waals surface area (Å²) < 4.78 is 0. The molecule has 0 spiro atoms.